The van der Waals surface area contributed by atoms with E-state index in [9.17, 15) is 14.4 Å². The van der Waals surface area contributed by atoms with Crippen molar-refractivity contribution in [2.75, 3.05) is 14.2 Å². The molecule has 5 nitrogen and oxygen atoms in total. The highest BCUT2D eigenvalue weighted by Gasteiger charge is 2.42. The van der Waals surface area contributed by atoms with Crippen molar-refractivity contribution in [3.63, 3.8) is 0 Å². The van der Waals surface area contributed by atoms with Crippen molar-refractivity contribution in [1.82, 2.24) is 0 Å². The second-order valence-electron chi connectivity index (χ2n) is 5.92. The molecule has 0 heterocycles. The van der Waals surface area contributed by atoms with E-state index >= 15 is 0 Å². The molecule has 0 aliphatic heterocycles. The minimum Gasteiger partial charge on any atom is -0.468 e. The zero-order chi connectivity index (χ0) is 18.0. The summed E-state index contributed by atoms with van der Waals surface area (Å²) in [6, 6.07) is 13.7. The minimum absolute atomic E-state index is 0.0880. The Morgan fingerprint density at radius 2 is 1.72 bits per heavy atom. The highest BCUT2D eigenvalue weighted by atomic mass is 16.5. The number of carbonyl (C=O) groups is 3. The van der Waals surface area contributed by atoms with E-state index in [2.05, 4.69) is 4.74 Å². The zero-order valence-corrected chi connectivity index (χ0v) is 14.0. The fraction of sp³-hybridized carbons (Fsp3) is 0.250. The summed E-state index contributed by atoms with van der Waals surface area (Å²) < 4.78 is 9.46. The number of methoxy groups -OCH3 is 2. The monoisotopic (exact) mass is 338 g/mol. The number of rotatable bonds is 3. The van der Waals surface area contributed by atoms with Gasteiger partial charge in [0, 0.05) is 5.92 Å². The second kappa shape index (κ2) is 6.89. The van der Waals surface area contributed by atoms with Gasteiger partial charge in [0.2, 0.25) is 0 Å². The molecule has 0 spiro atoms. The lowest BCUT2D eigenvalue weighted by Crippen LogP contribution is -2.37. The van der Waals surface area contributed by atoms with Crippen LogP contribution in [-0.2, 0) is 23.9 Å². The van der Waals surface area contributed by atoms with Crippen LogP contribution in [0.1, 0.15) is 17.9 Å². The Morgan fingerprint density at radius 3 is 2.40 bits per heavy atom. The zero-order valence-electron chi connectivity index (χ0n) is 14.0. The lowest BCUT2D eigenvalue weighted by Gasteiger charge is -2.28. The Kier molecular flexibility index (Phi) is 4.65. The van der Waals surface area contributed by atoms with Crippen LogP contribution in [0.15, 0.2) is 54.1 Å². The first kappa shape index (κ1) is 16.9. The molecule has 0 radical (unpaired) electrons. The van der Waals surface area contributed by atoms with Crippen molar-refractivity contribution in [2.24, 2.45) is 5.92 Å². The van der Waals surface area contributed by atoms with Gasteiger partial charge in [0.05, 0.1) is 19.8 Å². The maximum atomic E-state index is 12.7. The Labute approximate surface area is 145 Å². The molecule has 0 N–H and O–H groups in total. The van der Waals surface area contributed by atoms with Crippen molar-refractivity contribution in [3.8, 4) is 0 Å². The Balaban J connectivity index is 2.05. The molecule has 25 heavy (non-hydrogen) atoms. The molecular formula is C20H18O5. The fourth-order valence-electron chi connectivity index (χ4n) is 3.29. The van der Waals surface area contributed by atoms with E-state index in [0.29, 0.717) is 6.42 Å². The summed E-state index contributed by atoms with van der Waals surface area (Å²) in [4.78, 5) is 36.8. The summed E-state index contributed by atoms with van der Waals surface area (Å²) in [6.45, 7) is 0. The van der Waals surface area contributed by atoms with Gasteiger partial charge in [-0.15, -0.1) is 0 Å². The molecule has 0 amide bonds. The number of hydrogen-bond donors (Lipinski definition) is 0. The van der Waals surface area contributed by atoms with Gasteiger partial charge in [-0.05, 0) is 22.8 Å². The third-order valence-corrected chi connectivity index (χ3v) is 4.59. The maximum absolute atomic E-state index is 12.7. The number of esters is 2. The number of benzene rings is 2. The lowest BCUT2D eigenvalue weighted by molar-refractivity contribution is -0.150. The quantitative estimate of drug-likeness (QED) is 0.489. The average Bonchev–Trinajstić information content (AvgIpc) is 2.66. The predicted octanol–water partition coefficient (Wildman–Crippen LogP) is 2.78. The summed E-state index contributed by atoms with van der Waals surface area (Å²) in [5, 5.41) is 2.10. The molecule has 1 unspecified atom stereocenters. The first-order valence-corrected chi connectivity index (χ1v) is 7.96. The number of ether oxygens (including phenoxy) is 2. The van der Waals surface area contributed by atoms with Crippen LogP contribution in [-0.4, -0.2) is 31.9 Å². The van der Waals surface area contributed by atoms with Crippen LogP contribution in [0.3, 0.4) is 0 Å². The highest BCUT2D eigenvalue weighted by molar-refractivity contribution is 6.23. The van der Waals surface area contributed by atoms with Gasteiger partial charge in [0.25, 0.3) is 0 Å². The van der Waals surface area contributed by atoms with E-state index in [-0.39, 0.29) is 11.5 Å². The Morgan fingerprint density at radius 1 is 1.00 bits per heavy atom. The number of allylic oxidation sites excluding steroid dienone is 1. The van der Waals surface area contributed by atoms with Crippen LogP contribution < -0.4 is 0 Å². The van der Waals surface area contributed by atoms with Gasteiger partial charge in [0.1, 0.15) is 5.92 Å². The van der Waals surface area contributed by atoms with E-state index in [1.54, 1.807) is 6.08 Å². The molecule has 2 aromatic carbocycles. The second-order valence-corrected chi connectivity index (χ2v) is 5.92. The number of fused-ring (bicyclic) bond motifs is 1. The first-order valence-electron chi connectivity index (χ1n) is 7.96. The number of hydrogen-bond acceptors (Lipinski definition) is 5. The molecule has 1 aliphatic carbocycles. The van der Waals surface area contributed by atoms with E-state index in [1.165, 1.54) is 14.2 Å². The van der Waals surface area contributed by atoms with E-state index in [1.807, 2.05) is 42.5 Å². The van der Waals surface area contributed by atoms with Gasteiger partial charge in [-0.2, -0.15) is 0 Å². The normalized spacial score (nSPS) is 20.1. The average molecular weight is 338 g/mol. The lowest BCUT2D eigenvalue weighted by atomic mass is 9.74. The molecule has 1 aliphatic rings. The third kappa shape index (κ3) is 3.05. The van der Waals surface area contributed by atoms with Crippen LogP contribution in [0, 0.1) is 5.92 Å². The fourth-order valence-corrected chi connectivity index (χ4v) is 3.29. The van der Waals surface area contributed by atoms with Crippen molar-refractivity contribution < 1.29 is 23.9 Å². The van der Waals surface area contributed by atoms with Gasteiger partial charge in [-0.1, -0.05) is 48.5 Å². The largest absolute Gasteiger partial charge is 0.468 e. The van der Waals surface area contributed by atoms with Gasteiger partial charge in [-0.3, -0.25) is 9.59 Å². The Hall–Kier alpha value is -2.95. The molecule has 0 saturated heterocycles. The third-order valence-electron chi connectivity index (χ3n) is 4.59. The SMILES string of the molecule is COC(=O)C1=CC[C@@H](c2ccc3ccccc3c2)C(C(=O)OC)C1=O. The van der Waals surface area contributed by atoms with Gasteiger partial charge in [0.15, 0.2) is 5.78 Å². The topological polar surface area (TPSA) is 69.7 Å². The smallest absolute Gasteiger partial charge is 0.341 e. The number of ketones is 1. The maximum Gasteiger partial charge on any atom is 0.341 e. The molecule has 3 rings (SSSR count). The van der Waals surface area contributed by atoms with E-state index in [0.717, 1.165) is 16.3 Å². The molecule has 0 aromatic heterocycles. The highest BCUT2D eigenvalue weighted by Crippen LogP contribution is 2.37. The van der Waals surface area contributed by atoms with Crippen molar-refractivity contribution in [3.05, 3.63) is 59.7 Å². The van der Waals surface area contributed by atoms with Crippen molar-refractivity contribution >= 4 is 28.5 Å². The first-order chi connectivity index (χ1) is 12.1. The molecule has 2 atom stereocenters. The van der Waals surface area contributed by atoms with Crippen LogP contribution >= 0.6 is 0 Å². The molecule has 0 bridgehead atoms. The molecular weight excluding hydrogens is 320 g/mol. The van der Waals surface area contributed by atoms with Crippen LogP contribution in [0.4, 0.5) is 0 Å². The van der Waals surface area contributed by atoms with Crippen molar-refractivity contribution in [1.29, 1.82) is 0 Å². The predicted molar refractivity (Wildman–Crippen MR) is 91.9 cm³/mol. The van der Waals surface area contributed by atoms with Crippen LogP contribution in [0.2, 0.25) is 0 Å². The van der Waals surface area contributed by atoms with Crippen LogP contribution in [0.5, 0.6) is 0 Å². The van der Waals surface area contributed by atoms with Gasteiger partial charge >= 0.3 is 11.9 Å². The molecule has 0 saturated carbocycles. The summed E-state index contributed by atoms with van der Waals surface area (Å²) in [7, 11) is 2.45. The van der Waals surface area contributed by atoms with E-state index < -0.39 is 23.6 Å². The van der Waals surface area contributed by atoms with E-state index in [4.69, 9.17) is 4.74 Å². The van der Waals surface area contributed by atoms with Crippen molar-refractivity contribution in [2.45, 2.75) is 12.3 Å². The summed E-state index contributed by atoms with van der Waals surface area (Å²) in [5.41, 5.74) is 0.776. The van der Waals surface area contributed by atoms with Gasteiger partial charge < -0.3 is 9.47 Å². The number of Topliss-reactive ketones (excluding diaryl/α,β-unsaturated/α-hetero) is 1. The molecule has 5 heteroatoms. The molecule has 0 fully saturated rings. The summed E-state index contributed by atoms with van der Waals surface area (Å²) in [6.07, 6.45) is 1.93. The Bertz CT molecular complexity index is 881. The summed E-state index contributed by atoms with van der Waals surface area (Å²) in [5.74, 6) is -3.35. The van der Waals surface area contributed by atoms with Gasteiger partial charge in [-0.25, -0.2) is 4.79 Å². The summed E-state index contributed by atoms with van der Waals surface area (Å²) >= 11 is 0. The standard InChI is InChI=1S/C20H18O5/c1-24-19(22)16-10-9-15(17(18(16)21)20(23)25-2)14-8-7-12-5-3-4-6-13(12)11-14/h3-8,10-11,15,17H,9H2,1-2H3/t15-,17?/m0/s1. The molecule has 2 aromatic rings. The molecule has 128 valence electrons. The van der Waals surface area contributed by atoms with Crippen LogP contribution in [0.25, 0.3) is 10.8 Å². The minimum atomic E-state index is -1.05. The number of carbonyl (C=O) groups excluding carboxylic acids is 3.